The Hall–Kier alpha value is -0.410. The van der Waals surface area contributed by atoms with Crippen LogP contribution < -0.4 is 0 Å². The molecule has 0 radical (unpaired) electrons. The molecule has 0 atom stereocenters. The molecule has 0 aliphatic heterocycles. The predicted octanol–water partition coefficient (Wildman–Crippen LogP) is 3.20. The predicted molar refractivity (Wildman–Crippen MR) is 63.3 cm³/mol. The van der Waals surface area contributed by atoms with Crippen LogP contribution in [0.15, 0.2) is 0 Å². The number of rotatable bonds is 4. The molecule has 1 aliphatic rings. The van der Waals surface area contributed by atoms with Crippen LogP contribution in [-0.2, 0) is 12.0 Å². The van der Waals surface area contributed by atoms with Crippen molar-refractivity contribution in [3.63, 3.8) is 0 Å². The minimum Gasteiger partial charge on any atom is -0.385 e. The highest BCUT2D eigenvalue weighted by Crippen LogP contribution is 2.45. The lowest BCUT2D eigenvalue weighted by Gasteiger charge is -2.16. The normalized spacial score (nSPS) is 17.1. The van der Waals surface area contributed by atoms with Gasteiger partial charge in [0.05, 0.1) is 21.2 Å². The van der Waals surface area contributed by atoms with E-state index >= 15 is 0 Å². The van der Waals surface area contributed by atoms with E-state index in [0.29, 0.717) is 5.92 Å². The molecule has 1 aromatic heterocycles. The van der Waals surface area contributed by atoms with Gasteiger partial charge >= 0.3 is 0 Å². The average molecular weight is 225 g/mol. The minimum atomic E-state index is -0.721. The van der Waals surface area contributed by atoms with Gasteiger partial charge in [-0.2, -0.15) is 0 Å². The highest BCUT2D eigenvalue weighted by atomic mass is 32.1. The highest BCUT2D eigenvalue weighted by molar-refractivity contribution is 7.11. The fourth-order valence-corrected chi connectivity index (χ4v) is 3.02. The summed E-state index contributed by atoms with van der Waals surface area (Å²) in [6.45, 7) is 5.90. The first-order valence-corrected chi connectivity index (χ1v) is 6.56. The number of thiazole rings is 1. The van der Waals surface area contributed by atoms with Gasteiger partial charge < -0.3 is 5.11 Å². The molecule has 3 heteroatoms. The maximum Gasteiger partial charge on any atom is 0.0951 e. The summed E-state index contributed by atoms with van der Waals surface area (Å²) in [6.07, 6.45) is 4.67. The topological polar surface area (TPSA) is 33.1 Å². The van der Waals surface area contributed by atoms with Crippen LogP contribution in [0.2, 0.25) is 0 Å². The second-order valence-electron chi connectivity index (χ2n) is 4.91. The van der Waals surface area contributed by atoms with Crippen LogP contribution >= 0.6 is 11.3 Å². The molecular formula is C12H19NOS. The Labute approximate surface area is 95.4 Å². The Morgan fingerprint density at radius 2 is 2.13 bits per heavy atom. The van der Waals surface area contributed by atoms with Gasteiger partial charge in [-0.25, -0.2) is 4.98 Å². The molecule has 2 nitrogen and oxygen atoms in total. The van der Waals surface area contributed by atoms with Crippen LogP contribution in [0, 0.1) is 0 Å². The molecule has 1 fully saturated rings. The van der Waals surface area contributed by atoms with E-state index in [0.717, 1.165) is 17.7 Å². The Morgan fingerprint density at radius 1 is 1.47 bits per heavy atom. The summed E-state index contributed by atoms with van der Waals surface area (Å²) in [5, 5.41) is 11.3. The lowest BCUT2D eigenvalue weighted by Crippen LogP contribution is -2.15. The van der Waals surface area contributed by atoms with Crippen LogP contribution in [0.3, 0.4) is 0 Å². The van der Waals surface area contributed by atoms with Crippen LogP contribution in [0.25, 0.3) is 0 Å². The van der Waals surface area contributed by atoms with Crippen molar-refractivity contribution in [1.82, 2.24) is 4.98 Å². The quantitative estimate of drug-likeness (QED) is 0.853. The molecule has 84 valence electrons. The smallest absolute Gasteiger partial charge is 0.0951 e. The van der Waals surface area contributed by atoms with Gasteiger partial charge in [0, 0.05) is 5.92 Å². The molecule has 0 spiro atoms. The molecule has 1 N–H and O–H groups in total. The first-order valence-electron chi connectivity index (χ1n) is 5.74. The van der Waals surface area contributed by atoms with E-state index in [1.165, 1.54) is 23.5 Å². The lowest BCUT2D eigenvalue weighted by atomic mass is 10.0. The van der Waals surface area contributed by atoms with Gasteiger partial charge in [-0.15, -0.1) is 11.3 Å². The number of aromatic nitrogens is 1. The average Bonchev–Trinajstić information content (AvgIpc) is 2.87. The van der Waals surface area contributed by atoms with Crippen molar-refractivity contribution in [1.29, 1.82) is 0 Å². The molecule has 2 rings (SSSR count). The van der Waals surface area contributed by atoms with Gasteiger partial charge in [0.25, 0.3) is 0 Å². The molecule has 1 heterocycles. The van der Waals surface area contributed by atoms with E-state index in [1.54, 1.807) is 11.3 Å². The van der Waals surface area contributed by atoms with Gasteiger partial charge in [0.1, 0.15) is 0 Å². The molecule has 1 aromatic rings. The Balaban J connectivity index is 2.33. The number of hydrogen-bond acceptors (Lipinski definition) is 3. The summed E-state index contributed by atoms with van der Waals surface area (Å²) in [7, 11) is 0. The zero-order valence-corrected chi connectivity index (χ0v) is 10.5. The van der Waals surface area contributed by atoms with E-state index in [4.69, 9.17) is 0 Å². The summed E-state index contributed by atoms with van der Waals surface area (Å²) in [5.74, 6) is 0.633. The van der Waals surface area contributed by atoms with E-state index in [-0.39, 0.29) is 0 Å². The summed E-state index contributed by atoms with van der Waals surface area (Å²) in [6, 6.07) is 0. The van der Waals surface area contributed by atoms with Gasteiger partial charge in [-0.1, -0.05) is 6.92 Å². The van der Waals surface area contributed by atoms with Crippen LogP contribution in [0.1, 0.15) is 61.5 Å². The highest BCUT2D eigenvalue weighted by Gasteiger charge is 2.34. The van der Waals surface area contributed by atoms with Crippen molar-refractivity contribution in [2.75, 3.05) is 0 Å². The third-order valence-electron chi connectivity index (χ3n) is 2.68. The Morgan fingerprint density at radius 3 is 2.60 bits per heavy atom. The second kappa shape index (κ2) is 3.87. The molecule has 0 amide bonds. The summed E-state index contributed by atoms with van der Waals surface area (Å²) in [4.78, 5) is 5.78. The number of aryl methyl sites for hydroxylation is 1. The summed E-state index contributed by atoms with van der Waals surface area (Å²) >= 11 is 1.70. The molecule has 15 heavy (non-hydrogen) atoms. The fraction of sp³-hybridized carbons (Fsp3) is 0.750. The molecule has 0 saturated heterocycles. The summed E-state index contributed by atoms with van der Waals surface area (Å²) in [5.41, 5.74) is 0.456. The standard InChI is InChI=1S/C12H19NOS/c1-4-5-9-13-10(8-6-7-8)11(15-9)12(2,3)14/h8,14H,4-7H2,1-3H3. The van der Waals surface area contributed by atoms with Crippen molar-refractivity contribution >= 4 is 11.3 Å². The van der Waals surface area contributed by atoms with Crippen molar-refractivity contribution in [2.24, 2.45) is 0 Å². The Bertz CT molecular complexity index is 347. The third-order valence-corrected chi connectivity index (χ3v) is 4.13. The number of hydrogen-bond donors (Lipinski definition) is 1. The van der Waals surface area contributed by atoms with Crippen LogP contribution in [0.4, 0.5) is 0 Å². The zero-order valence-electron chi connectivity index (χ0n) is 9.71. The van der Waals surface area contributed by atoms with Gasteiger partial charge in [0.15, 0.2) is 0 Å². The number of nitrogens with zero attached hydrogens (tertiary/aromatic N) is 1. The van der Waals surface area contributed by atoms with Crippen LogP contribution in [-0.4, -0.2) is 10.1 Å². The monoisotopic (exact) mass is 225 g/mol. The van der Waals surface area contributed by atoms with Crippen molar-refractivity contribution in [3.8, 4) is 0 Å². The molecule has 1 aliphatic carbocycles. The molecule has 0 aromatic carbocycles. The summed E-state index contributed by atoms with van der Waals surface area (Å²) < 4.78 is 0. The zero-order chi connectivity index (χ0) is 11.1. The molecule has 0 bridgehead atoms. The van der Waals surface area contributed by atoms with E-state index in [9.17, 15) is 5.11 Å². The maximum absolute atomic E-state index is 10.1. The first kappa shape index (κ1) is 11.1. The molecular weight excluding hydrogens is 206 g/mol. The van der Waals surface area contributed by atoms with Crippen molar-refractivity contribution < 1.29 is 5.11 Å². The molecule has 1 saturated carbocycles. The minimum absolute atomic E-state index is 0.633. The van der Waals surface area contributed by atoms with Gasteiger partial charge in [0.2, 0.25) is 0 Å². The van der Waals surface area contributed by atoms with Crippen molar-refractivity contribution in [2.45, 2.75) is 58.0 Å². The first-order chi connectivity index (χ1) is 7.02. The Kier molecular flexibility index (Phi) is 2.86. The third kappa shape index (κ3) is 2.40. The van der Waals surface area contributed by atoms with Gasteiger partial charge in [-0.3, -0.25) is 0 Å². The van der Waals surface area contributed by atoms with E-state index in [2.05, 4.69) is 11.9 Å². The maximum atomic E-state index is 10.1. The van der Waals surface area contributed by atoms with E-state index < -0.39 is 5.60 Å². The van der Waals surface area contributed by atoms with E-state index in [1.807, 2.05) is 13.8 Å². The number of aliphatic hydroxyl groups is 1. The fourth-order valence-electron chi connectivity index (χ4n) is 1.77. The van der Waals surface area contributed by atoms with Crippen molar-refractivity contribution in [3.05, 3.63) is 15.6 Å². The SMILES string of the molecule is CCCc1nc(C2CC2)c(C(C)(C)O)s1. The molecule has 0 unspecified atom stereocenters. The van der Waals surface area contributed by atoms with Gasteiger partial charge in [-0.05, 0) is 39.5 Å². The second-order valence-corrected chi connectivity index (χ2v) is 5.99. The van der Waals surface area contributed by atoms with Crippen LogP contribution in [0.5, 0.6) is 0 Å². The lowest BCUT2D eigenvalue weighted by molar-refractivity contribution is 0.0813. The largest absolute Gasteiger partial charge is 0.385 e.